The number of hydrogen-bond donors (Lipinski definition) is 2. The molecule has 8 nitrogen and oxygen atoms in total. The number of alkyl halides is 3. The molecule has 12 heteroatoms. The summed E-state index contributed by atoms with van der Waals surface area (Å²) in [5.74, 6) is -0.589. The molecule has 2 aromatic rings. The van der Waals surface area contributed by atoms with Crippen LogP contribution in [0.4, 0.5) is 13.2 Å². The van der Waals surface area contributed by atoms with Gasteiger partial charge in [-0.25, -0.2) is 8.42 Å². The second-order valence-corrected chi connectivity index (χ2v) is 9.33. The summed E-state index contributed by atoms with van der Waals surface area (Å²) in [5.41, 5.74) is -1.52. The average molecular weight is 488 g/mol. The SMILES string of the molecule is CN(C)CCOC(=O)CN/C(=C\C(=N)C(F)(F)F)c1ccc(-c2cccc(S(C)(=O)=O)c2)o1. The average Bonchev–Trinajstić information content (AvgIpc) is 3.19. The van der Waals surface area contributed by atoms with E-state index in [4.69, 9.17) is 14.6 Å². The maximum Gasteiger partial charge on any atom is 0.432 e. The Morgan fingerprint density at radius 2 is 1.94 bits per heavy atom. The highest BCUT2D eigenvalue weighted by Crippen LogP contribution is 2.28. The fraction of sp³-hybridized carbons (Fsp3) is 0.333. The number of ether oxygens (including phenoxy) is 1. The lowest BCUT2D eigenvalue weighted by Crippen LogP contribution is -2.28. The number of allylic oxidation sites excluding steroid dienone is 1. The minimum atomic E-state index is -4.90. The normalized spacial score (nSPS) is 12.6. The molecule has 0 spiro atoms. The molecule has 1 aromatic carbocycles. The molecule has 0 amide bonds. The Labute approximate surface area is 189 Å². The molecule has 1 heterocycles. The molecule has 180 valence electrons. The van der Waals surface area contributed by atoms with Crippen molar-refractivity contribution in [2.24, 2.45) is 0 Å². The third-order valence-corrected chi connectivity index (χ3v) is 5.35. The Balaban J connectivity index is 2.28. The Bertz CT molecular complexity index is 1140. The van der Waals surface area contributed by atoms with E-state index >= 15 is 0 Å². The van der Waals surface area contributed by atoms with Gasteiger partial charge in [0.2, 0.25) is 0 Å². The maximum absolute atomic E-state index is 12.9. The number of nitrogens with zero attached hydrogens (tertiary/aromatic N) is 1. The van der Waals surface area contributed by atoms with Gasteiger partial charge in [0.25, 0.3) is 0 Å². The highest BCUT2D eigenvalue weighted by atomic mass is 32.2. The van der Waals surface area contributed by atoms with Crippen molar-refractivity contribution in [1.29, 1.82) is 5.41 Å². The highest BCUT2D eigenvalue weighted by molar-refractivity contribution is 7.90. The van der Waals surface area contributed by atoms with Gasteiger partial charge in [0.05, 0.1) is 10.6 Å². The number of sulfone groups is 1. The van der Waals surface area contributed by atoms with Gasteiger partial charge in [-0.3, -0.25) is 10.2 Å². The van der Waals surface area contributed by atoms with Gasteiger partial charge in [-0.1, -0.05) is 12.1 Å². The first-order chi connectivity index (χ1) is 15.3. The van der Waals surface area contributed by atoms with E-state index in [9.17, 15) is 26.4 Å². The van der Waals surface area contributed by atoms with Crippen molar-refractivity contribution < 1.29 is 35.5 Å². The zero-order valence-corrected chi connectivity index (χ0v) is 19.0. The van der Waals surface area contributed by atoms with Gasteiger partial charge in [-0.2, -0.15) is 13.2 Å². The van der Waals surface area contributed by atoms with Crippen molar-refractivity contribution in [3.63, 3.8) is 0 Å². The third kappa shape index (κ3) is 8.06. The molecule has 2 rings (SSSR count). The van der Waals surface area contributed by atoms with Crippen LogP contribution in [0.5, 0.6) is 0 Å². The minimum absolute atomic E-state index is 0.0474. The highest BCUT2D eigenvalue weighted by Gasteiger charge is 2.33. The molecule has 0 saturated carbocycles. The summed E-state index contributed by atoms with van der Waals surface area (Å²) in [5, 5.41) is 9.78. The molecule has 0 bridgehead atoms. The first-order valence-corrected chi connectivity index (χ1v) is 11.5. The van der Waals surface area contributed by atoms with Crippen molar-refractivity contribution >= 4 is 27.2 Å². The van der Waals surface area contributed by atoms with Crippen molar-refractivity contribution in [1.82, 2.24) is 10.2 Å². The van der Waals surface area contributed by atoms with E-state index in [0.29, 0.717) is 18.2 Å². The predicted molar refractivity (Wildman–Crippen MR) is 117 cm³/mol. The van der Waals surface area contributed by atoms with E-state index in [1.54, 1.807) is 25.1 Å². The number of likely N-dealkylation sites (N-methyl/N-ethyl adjacent to an activating group) is 1. The zero-order valence-electron chi connectivity index (χ0n) is 18.2. The molecular formula is C21H24F3N3O5S. The number of halogens is 3. The molecule has 0 atom stereocenters. The monoisotopic (exact) mass is 487 g/mol. The second-order valence-electron chi connectivity index (χ2n) is 7.31. The lowest BCUT2D eigenvalue weighted by molar-refractivity contribution is -0.142. The van der Waals surface area contributed by atoms with E-state index in [1.807, 2.05) is 0 Å². The number of hydrogen-bond acceptors (Lipinski definition) is 8. The van der Waals surface area contributed by atoms with Crippen LogP contribution in [-0.4, -0.2) is 71.2 Å². The van der Waals surface area contributed by atoms with Crippen molar-refractivity contribution in [2.75, 3.05) is 40.0 Å². The van der Waals surface area contributed by atoms with Crippen LogP contribution in [0, 0.1) is 5.41 Å². The number of rotatable bonds is 10. The number of carbonyl (C=O) groups excluding carboxylic acids is 1. The maximum atomic E-state index is 12.9. The van der Waals surface area contributed by atoms with Crippen molar-refractivity contribution in [2.45, 2.75) is 11.1 Å². The summed E-state index contributed by atoms with van der Waals surface area (Å²) in [7, 11) is 0.0956. The molecule has 1 aromatic heterocycles. The van der Waals surface area contributed by atoms with Gasteiger partial charge in [-0.15, -0.1) is 0 Å². The summed E-state index contributed by atoms with van der Waals surface area (Å²) >= 11 is 0. The molecule has 0 saturated heterocycles. The molecular weight excluding hydrogens is 463 g/mol. The Morgan fingerprint density at radius 3 is 2.55 bits per heavy atom. The van der Waals surface area contributed by atoms with E-state index in [2.05, 4.69) is 5.32 Å². The van der Waals surface area contributed by atoms with Gasteiger partial charge in [0, 0.05) is 18.4 Å². The Morgan fingerprint density at radius 1 is 1.24 bits per heavy atom. The molecule has 0 aliphatic carbocycles. The fourth-order valence-electron chi connectivity index (χ4n) is 2.51. The summed E-state index contributed by atoms with van der Waals surface area (Å²) in [6, 6.07) is 8.65. The largest absolute Gasteiger partial charge is 0.463 e. The van der Waals surface area contributed by atoms with Crippen LogP contribution in [0.25, 0.3) is 17.0 Å². The van der Waals surface area contributed by atoms with Crippen LogP contribution in [0.1, 0.15) is 5.76 Å². The van der Waals surface area contributed by atoms with Crippen LogP contribution in [0.15, 0.2) is 51.8 Å². The fourth-order valence-corrected chi connectivity index (χ4v) is 3.18. The van der Waals surface area contributed by atoms with Crippen LogP contribution in [0.2, 0.25) is 0 Å². The second kappa shape index (κ2) is 10.7. The predicted octanol–water partition coefficient (Wildman–Crippen LogP) is 2.97. The zero-order chi connectivity index (χ0) is 24.8. The van der Waals surface area contributed by atoms with Gasteiger partial charge < -0.3 is 19.4 Å². The van der Waals surface area contributed by atoms with Gasteiger partial charge >= 0.3 is 12.1 Å². The van der Waals surface area contributed by atoms with Crippen LogP contribution < -0.4 is 5.32 Å². The molecule has 0 radical (unpaired) electrons. The number of esters is 1. The van der Waals surface area contributed by atoms with E-state index in [0.717, 1.165) is 6.26 Å². The summed E-state index contributed by atoms with van der Waals surface area (Å²) in [6.07, 6.45) is -3.36. The number of carbonyl (C=O) groups is 1. The van der Waals surface area contributed by atoms with Gasteiger partial charge in [0.15, 0.2) is 15.6 Å². The van der Waals surface area contributed by atoms with Crippen molar-refractivity contribution in [3.8, 4) is 11.3 Å². The molecule has 0 unspecified atom stereocenters. The Hall–Kier alpha value is -3.12. The minimum Gasteiger partial charge on any atom is -0.463 e. The van der Waals surface area contributed by atoms with E-state index in [-0.39, 0.29) is 28.7 Å². The third-order valence-electron chi connectivity index (χ3n) is 4.24. The summed E-state index contributed by atoms with van der Waals surface area (Å²) in [6.45, 7) is 0.123. The molecule has 33 heavy (non-hydrogen) atoms. The lowest BCUT2D eigenvalue weighted by atomic mass is 10.2. The topological polar surface area (TPSA) is 113 Å². The van der Waals surface area contributed by atoms with Crippen LogP contribution >= 0.6 is 0 Å². The van der Waals surface area contributed by atoms with E-state index < -0.39 is 34.2 Å². The molecule has 0 aliphatic rings. The first kappa shape index (κ1) is 26.1. The smallest absolute Gasteiger partial charge is 0.432 e. The molecule has 2 N–H and O–H groups in total. The standard InChI is InChI=1S/C21H24F3N3O5S/c1-27(2)9-10-31-20(28)13-26-16(12-19(25)21(22,23)24)18-8-7-17(32-18)14-5-4-6-15(11-14)33(3,29)30/h4-8,11-12,25-26H,9-10,13H2,1-3H3/b16-12-,25-19?. The summed E-state index contributed by atoms with van der Waals surface area (Å²) < 4.78 is 72.9. The Kier molecular flexibility index (Phi) is 8.45. The number of benzene rings is 1. The van der Waals surface area contributed by atoms with Crippen molar-refractivity contribution in [3.05, 3.63) is 48.2 Å². The molecule has 0 fully saturated rings. The van der Waals surface area contributed by atoms with E-state index in [1.165, 1.54) is 30.3 Å². The van der Waals surface area contributed by atoms with Crippen LogP contribution in [-0.2, 0) is 19.4 Å². The molecule has 0 aliphatic heterocycles. The van der Waals surface area contributed by atoms with Gasteiger partial charge in [0.1, 0.15) is 24.6 Å². The lowest BCUT2D eigenvalue weighted by Gasteiger charge is -2.12. The number of nitrogens with one attached hydrogen (secondary N) is 2. The first-order valence-electron chi connectivity index (χ1n) is 9.59. The quantitative estimate of drug-likeness (QED) is 0.391. The van der Waals surface area contributed by atoms with Gasteiger partial charge in [-0.05, 0) is 44.4 Å². The number of furan rings is 1. The van der Waals surface area contributed by atoms with Crippen LogP contribution in [0.3, 0.4) is 0 Å². The summed E-state index contributed by atoms with van der Waals surface area (Å²) in [4.78, 5) is 13.7.